The molecule has 1 fully saturated rings. The summed E-state index contributed by atoms with van der Waals surface area (Å²) in [6, 6.07) is -1.48. The summed E-state index contributed by atoms with van der Waals surface area (Å²) < 4.78 is 0. The fourth-order valence-electron chi connectivity index (χ4n) is 2.72. The highest BCUT2D eigenvalue weighted by molar-refractivity contribution is 5.75. The summed E-state index contributed by atoms with van der Waals surface area (Å²) in [5, 5.41) is 8.62. The molecule has 1 aliphatic rings. The van der Waals surface area contributed by atoms with E-state index in [1.807, 2.05) is 0 Å². The molecular weight excluding hydrogens is 286 g/mol. The molecule has 1 rings (SSSR count). The van der Waals surface area contributed by atoms with Crippen molar-refractivity contribution in [2.45, 2.75) is 69.9 Å². The molecule has 0 aromatic heterocycles. The van der Waals surface area contributed by atoms with E-state index >= 15 is 0 Å². The molecule has 128 valence electrons. The van der Waals surface area contributed by atoms with Crippen LogP contribution in [0.25, 0.3) is 0 Å². The Balaban J connectivity index is 2.04. The van der Waals surface area contributed by atoms with Crippen molar-refractivity contribution in [1.29, 1.82) is 0 Å². The van der Waals surface area contributed by atoms with Gasteiger partial charge in [-0.1, -0.05) is 32.1 Å². The molecule has 1 aliphatic carbocycles. The molecule has 1 saturated carbocycles. The van der Waals surface area contributed by atoms with Crippen LogP contribution < -0.4 is 16.9 Å². The van der Waals surface area contributed by atoms with Gasteiger partial charge >= 0.3 is 11.9 Å². The molecule has 0 saturated heterocycles. The molecule has 0 bridgehead atoms. The van der Waals surface area contributed by atoms with Crippen molar-refractivity contribution in [3.05, 3.63) is 0 Å². The van der Waals surface area contributed by atoms with Gasteiger partial charge in [-0.3, -0.25) is 4.79 Å². The summed E-state index contributed by atoms with van der Waals surface area (Å²) in [7, 11) is 0. The first-order chi connectivity index (χ1) is 10.5. The van der Waals surface area contributed by atoms with E-state index in [2.05, 4.69) is 5.48 Å². The topological polar surface area (TPSA) is 128 Å². The number of aliphatic carboxylic acids is 1. The predicted molar refractivity (Wildman–Crippen MR) is 82.7 cm³/mol. The maximum atomic E-state index is 11.7. The van der Waals surface area contributed by atoms with Gasteiger partial charge in [-0.05, 0) is 31.6 Å². The number of nitrogens with two attached hydrogens (primary N) is 2. The van der Waals surface area contributed by atoms with Gasteiger partial charge in [0, 0.05) is 6.54 Å². The standard InChI is InChI=1S/C15H29N3O4/c16-12(14(19)20)7-4-10-18-22-15(21)13(17)9-8-11-5-2-1-3-6-11/h11-13,18H,1-10,16-17H2,(H,19,20). The zero-order valence-electron chi connectivity index (χ0n) is 13.1. The number of nitrogens with one attached hydrogen (secondary N) is 1. The van der Waals surface area contributed by atoms with Crippen molar-refractivity contribution in [2.75, 3.05) is 6.54 Å². The second-order valence-electron chi connectivity index (χ2n) is 6.09. The molecule has 0 radical (unpaired) electrons. The Morgan fingerprint density at radius 2 is 1.82 bits per heavy atom. The van der Waals surface area contributed by atoms with Gasteiger partial charge in [0.15, 0.2) is 0 Å². The number of hydrogen-bond donors (Lipinski definition) is 4. The van der Waals surface area contributed by atoms with Gasteiger partial charge in [0.1, 0.15) is 12.1 Å². The van der Waals surface area contributed by atoms with Crippen molar-refractivity contribution in [1.82, 2.24) is 5.48 Å². The number of hydrogen-bond acceptors (Lipinski definition) is 6. The van der Waals surface area contributed by atoms with Crippen molar-refractivity contribution < 1.29 is 19.5 Å². The third kappa shape index (κ3) is 7.72. The fourth-order valence-corrected chi connectivity index (χ4v) is 2.72. The van der Waals surface area contributed by atoms with Crippen LogP contribution in [-0.4, -0.2) is 35.7 Å². The van der Waals surface area contributed by atoms with Crippen molar-refractivity contribution >= 4 is 11.9 Å². The molecule has 0 amide bonds. The predicted octanol–water partition coefficient (Wildman–Crippen LogP) is 0.914. The number of carboxylic acids is 1. The van der Waals surface area contributed by atoms with E-state index in [0.717, 1.165) is 6.42 Å². The summed E-state index contributed by atoms with van der Waals surface area (Å²) in [5.41, 5.74) is 13.7. The summed E-state index contributed by atoms with van der Waals surface area (Å²) >= 11 is 0. The van der Waals surface area contributed by atoms with E-state index in [0.29, 0.717) is 31.7 Å². The molecule has 2 unspecified atom stereocenters. The highest BCUT2D eigenvalue weighted by Gasteiger charge is 2.19. The molecule has 2 atom stereocenters. The number of rotatable bonds is 10. The molecule has 0 aromatic carbocycles. The normalized spacial score (nSPS) is 18.6. The Hall–Kier alpha value is -1.18. The van der Waals surface area contributed by atoms with Crippen LogP contribution in [-0.2, 0) is 14.4 Å². The number of carbonyl (C=O) groups excluding carboxylic acids is 1. The lowest BCUT2D eigenvalue weighted by Gasteiger charge is -2.22. The van der Waals surface area contributed by atoms with Crippen LogP contribution in [0.1, 0.15) is 57.8 Å². The maximum absolute atomic E-state index is 11.7. The zero-order chi connectivity index (χ0) is 16.4. The molecule has 0 spiro atoms. The van der Waals surface area contributed by atoms with E-state index in [1.165, 1.54) is 32.1 Å². The summed E-state index contributed by atoms with van der Waals surface area (Å²) in [6.07, 6.45) is 8.83. The first-order valence-corrected chi connectivity index (χ1v) is 8.18. The van der Waals surface area contributed by atoms with Gasteiger partial charge in [-0.2, -0.15) is 5.48 Å². The fraction of sp³-hybridized carbons (Fsp3) is 0.867. The van der Waals surface area contributed by atoms with Crippen LogP contribution in [0, 0.1) is 5.92 Å². The summed E-state index contributed by atoms with van der Waals surface area (Å²) in [4.78, 5) is 27.1. The van der Waals surface area contributed by atoms with Gasteiger partial charge in [-0.25, -0.2) is 4.79 Å². The Morgan fingerprint density at radius 3 is 2.45 bits per heavy atom. The van der Waals surface area contributed by atoms with Crippen LogP contribution in [0.5, 0.6) is 0 Å². The zero-order valence-corrected chi connectivity index (χ0v) is 13.1. The Kier molecular flexibility index (Phi) is 9.03. The lowest BCUT2D eigenvalue weighted by molar-refractivity contribution is -0.153. The van der Waals surface area contributed by atoms with E-state index in [9.17, 15) is 9.59 Å². The Morgan fingerprint density at radius 1 is 1.14 bits per heavy atom. The van der Waals surface area contributed by atoms with E-state index in [1.54, 1.807) is 0 Å². The highest BCUT2D eigenvalue weighted by Crippen LogP contribution is 2.27. The molecule has 7 nitrogen and oxygen atoms in total. The van der Waals surface area contributed by atoms with E-state index < -0.39 is 24.0 Å². The van der Waals surface area contributed by atoms with Gasteiger partial charge in [0.25, 0.3) is 0 Å². The highest BCUT2D eigenvalue weighted by atomic mass is 16.7. The molecule has 7 heteroatoms. The second-order valence-corrected chi connectivity index (χ2v) is 6.09. The minimum absolute atomic E-state index is 0.327. The smallest absolute Gasteiger partial charge is 0.341 e. The number of hydroxylamine groups is 1. The number of carboxylic acid groups (broad SMARTS) is 1. The molecule has 0 aromatic rings. The quantitative estimate of drug-likeness (QED) is 0.348. The van der Waals surface area contributed by atoms with Crippen LogP contribution >= 0.6 is 0 Å². The maximum Gasteiger partial charge on any atom is 0.341 e. The largest absolute Gasteiger partial charge is 0.480 e. The number of carbonyl (C=O) groups is 2. The molecule has 0 aliphatic heterocycles. The second kappa shape index (κ2) is 10.5. The van der Waals surface area contributed by atoms with Gasteiger partial charge < -0.3 is 21.4 Å². The van der Waals surface area contributed by atoms with Crippen LogP contribution in [0.4, 0.5) is 0 Å². The summed E-state index contributed by atoms with van der Waals surface area (Å²) in [6.45, 7) is 0.363. The van der Waals surface area contributed by atoms with Gasteiger partial charge in [0.05, 0.1) is 0 Å². The SMILES string of the molecule is NC(CCCNOC(=O)C(N)CCC1CCCCC1)C(=O)O. The van der Waals surface area contributed by atoms with Gasteiger partial charge in [0.2, 0.25) is 0 Å². The molecule has 22 heavy (non-hydrogen) atoms. The van der Waals surface area contributed by atoms with Crippen molar-refractivity contribution in [2.24, 2.45) is 17.4 Å². The van der Waals surface area contributed by atoms with Gasteiger partial charge in [-0.15, -0.1) is 0 Å². The Labute approximate surface area is 131 Å². The Bertz CT molecular complexity index is 346. The van der Waals surface area contributed by atoms with E-state index in [-0.39, 0.29) is 0 Å². The average Bonchev–Trinajstić information content (AvgIpc) is 2.52. The van der Waals surface area contributed by atoms with Crippen LogP contribution in [0.15, 0.2) is 0 Å². The average molecular weight is 315 g/mol. The van der Waals surface area contributed by atoms with Crippen molar-refractivity contribution in [3.8, 4) is 0 Å². The monoisotopic (exact) mass is 315 g/mol. The third-order valence-corrected chi connectivity index (χ3v) is 4.20. The molecular formula is C15H29N3O4. The minimum atomic E-state index is -1.03. The molecule has 0 heterocycles. The van der Waals surface area contributed by atoms with Crippen molar-refractivity contribution in [3.63, 3.8) is 0 Å². The van der Waals surface area contributed by atoms with Crippen LogP contribution in [0.2, 0.25) is 0 Å². The summed E-state index contributed by atoms with van der Waals surface area (Å²) in [5.74, 6) is -0.793. The lowest BCUT2D eigenvalue weighted by atomic mass is 9.85. The third-order valence-electron chi connectivity index (χ3n) is 4.20. The first-order valence-electron chi connectivity index (χ1n) is 8.18. The van der Waals surface area contributed by atoms with E-state index in [4.69, 9.17) is 21.4 Å². The first kappa shape index (κ1) is 18.9. The lowest BCUT2D eigenvalue weighted by Crippen LogP contribution is -2.37. The minimum Gasteiger partial charge on any atom is -0.480 e. The van der Waals surface area contributed by atoms with Crippen LogP contribution in [0.3, 0.4) is 0 Å². The molecule has 6 N–H and O–H groups in total.